The van der Waals surface area contributed by atoms with Crippen molar-refractivity contribution in [2.45, 2.75) is 13.0 Å². The molecule has 1 heterocycles. The van der Waals surface area contributed by atoms with E-state index in [9.17, 15) is 4.79 Å². The number of nitrogens with one attached hydrogen (secondary N) is 1. The summed E-state index contributed by atoms with van der Waals surface area (Å²) in [6.07, 6.45) is 4.21. The Kier molecular flexibility index (Phi) is 3.47. The fourth-order valence-electron chi connectivity index (χ4n) is 0.767. The van der Waals surface area contributed by atoms with Crippen LogP contribution in [-0.2, 0) is 0 Å². The number of carbonyl (C=O) groups excluding carboxylic acids is 1. The molecule has 0 bridgehead atoms. The van der Waals surface area contributed by atoms with Gasteiger partial charge in [-0.2, -0.15) is 0 Å². The van der Waals surface area contributed by atoms with Gasteiger partial charge in [0.15, 0.2) is 0 Å². The molecule has 0 saturated heterocycles. The molecule has 6 heteroatoms. The molecule has 1 unspecified atom stereocenters. The Bertz CT molecular complexity index is 340. The number of amides is 1. The molecule has 0 saturated carbocycles. The van der Waals surface area contributed by atoms with Gasteiger partial charge in [0.1, 0.15) is 6.33 Å². The van der Waals surface area contributed by atoms with E-state index in [1.165, 1.54) is 18.7 Å². The molecule has 0 spiro atoms. The topological polar surface area (TPSA) is 80.9 Å². The van der Waals surface area contributed by atoms with E-state index >= 15 is 0 Å². The van der Waals surface area contributed by atoms with Crippen LogP contribution in [0, 0.1) is 0 Å². The maximum absolute atomic E-state index is 11.5. The molecule has 3 N–H and O–H groups in total. The number of aromatic nitrogens is 2. The minimum atomic E-state index is -0.335. The molecule has 0 aliphatic heterocycles. The predicted octanol–water partition coefficient (Wildman–Crippen LogP) is -0.119. The minimum absolute atomic E-state index is 0.246. The molecule has 5 nitrogen and oxygen atoms in total. The van der Waals surface area contributed by atoms with E-state index < -0.39 is 0 Å². The monoisotopic (exact) mass is 210 g/mol. The first-order valence-electron chi connectivity index (χ1n) is 3.96. The fraction of sp³-hybridized carbons (Fsp3) is 0.250. The highest BCUT2D eigenvalue weighted by Gasteiger charge is 2.11. The second kappa shape index (κ2) is 4.61. The largest absolute Gasteiger partial charge is 0.392 e. The maximum atomic E-state index is 11.5. The Morgan fingerprint density at radius 3 is 2.64 bits per heavy atom. The summed E-state index contributed by atoms with van der Waals surface area (Å²) in [5.41, 5.74) is 5.73. The van der Waals surface area contributed by atoms with Gasteiger partial charge < -0.3 is 11.1 Å². The quantitative estimate of drug-likeness (QED) is 0.680. The zero-order valence-corrected chi connectivity index (χ0v) is 8.41. The lowest BCUT2D eigenvalue weighted by Crippen LogP contribution is -2.41. The first kappa shape index (κ1) is 10.5. The molecule has 1 aromatic rings. The molecule has 0 fully saturated rings. The molecular formula is C8H10N4OS. The predicted molar refractivity (Wildman–Crippen MR) is 55.7 cm³/mol. The normalized spacial score (nSPS) is 11.8. The Balaban J connectivity index is 2.64. The first-order chi connectivity index (χ1) is 6.61. The molecule has 1 rings (SSSR count). The highest BCUT2D eigenvalue weighted by atomic mass is 32.1. The number of carbonyl (C=O) groups is 1. The van der Waals surface area contributed by atoms with E-state index in [1.807, 2.05) is 0 Å². The van der Waals surface area contributed by atoms with Gasteiger partial charge in [-0.05, 0) is 6.92 Å². The van der Waals surface area contributed by atoms with Crippen LogP contribution in [0.5, 0.6) is 0 Å². The minimum Gasteiger partial charge on any atom is -0.392 e. The number of nitrogens with zero attached hydrogens (tertiary/aromatic N) is 2. The van der Waals surface area contributed by atoms with Crippen LogP contribution in [-0.4, -0.2) is 26.9 Å². The van der Waals surface area contributed by atoms with Gasteiger partial charge in [0.05, 0.1) is 16.6 Å². The summed E-state index contributed by atoms with van der Waals surface area (Å²) in [4.78, 5) is 19.1. The van der Waals surface area contributed by atoms with Gasteiger partial charge in [0.2, 0.25) is 0 Å². The molecule has 14 heavy (non-hydrogen) atoms. The lowest BCUT2D eigenvalue weighted by atomic mass is 10.3. The maximum Gasteiger partial charge on any atom is 0.254 e. The van der Waals surface area contributed by atoms with Crippen molar-refractivity contribution in [2.75, 3.05) is 0 Å². The molecule has 0 aliphatic rings. The Morgan fingerprint density at radius 1 is 1.57 bits per heavy atom. The van der Waals surface area contributed by atoms with Gasteiger partial charge in [-0.25, -0.2) is 9.97 Å². The van der Waals surface area contributed by atoms with Gasteiger partial charge in [0.25, 0.3) is 5.91 Å². The zero-order valence-electron chi connectivity index (χ0n) is 7.60. The van der Waals surface area contributed by atoms with Crippen molar-refractivity contribution in [3.63, 3.8) is 0 Å². The lowest BCUT2D eigenvalue weighted by Gasteiger charge is -2.11. The SMILES string of the molecule is CC(NC(=O)c1cncnc1)C(N)=S. The Labute approximate surface area is 86.7 Å². The fourth-order valence-corrected chi connectivity index (χ4v) is 0.826. The van der Waals surface area contributed by atoms with Crippen molar-refractivity contribution in [1.29, 1.82) is 0 Å². The van der Waals surface area contributed by atoms with E-state index in [-0.39, 0.29) is 16.9 Å². The van der Waals surface area contributed by atoms with E-state index in [2.05, 4.69) is 15.3 Å². The van der Waals surface area contributed by atoms with E-state index in [1.54, 1.807) is 6.92 Å². The Hall–Kier alpha value is -1.56. The van der Waals surface area contributed by atoms with Gasteiger partial charge in [0, 0.05) is 12.4 Å². The molecule has 1 atom stereocenters. The van der Waals surface area contributed by atoms with Crippen molar-refractivity contribution in [3.05, 3.63) is 24.3 Å². The van der Waals surface area contributed by atoms with Crippen molar-refractivity contribution in [1.82, 2.24) is 15.3 Å². The second-order valence-corrected chi connectivity index (χ2v) is 3.20. The van der Waals surface area contributed by atoms with Crippen LogP contribution in [0.2, 0.25) is 0 Å². The van der Waals surface area contributed by atoms with Crippen LogP contribution < -0.4 is 11.1 Å². The molecule has 1 amide bonds. The third-order valence-corrected chi connectivity index (χ3v) is 1.95. The summed E-state index contributed by atoms with van der Waals surface area (Å²) in [7, 11) is 0. The molecule has 0 radical (unpaired) electrons. The van der Waals surface area contributed by atoms with Crippen LogP contribution >= 0.6 is 12.2 Å². The van der Waals surface area contributed by atoms with Crippen LogP contribution in [0.3, 0.4) is 0 Å². The van der Waals surface area contributed by atoms with Crippen LogP contribution in [0.25, 0.3) is 0 Å². The summed E-state index contributed by atoms with van der Waals surface area (Å²) in [6.45, 7) is 1.71. The van der Waals surface area contributed by atoms with Crippen molar-refractivity contribution in [3.8, 4) is 0 Å². The Morgan fingerprint density at radius 2 is 2.14 bits per heavy atom. The van der Waals surface area contributed by atoms with Crippen LogP contribution in [0.15, 0.2) is 18.7 Å². The molecule has 74 valence electrons. The number of nitrogens with two attached hydrogens (primary N) is 1. The third kappa shape index (κ3) is 2.74. The smallest absolute Gasteiger partial charge is 0.254 e. The number of hydrogen-bond acceptors (Lipinski definition) is 4. The summed E-state index contributed by atoms with van der Waals surface area (Å²) >= 11 is 4.72. The summed E-state index contributed by atoms with van der Waals surface area (Å²) in [6, 6.07) is -0.335. The average molecular weight is 210 g/mol. The molecule has 0 aromatic carbocycles. The number of hydrogen-bond donors (Lipinski definition) is 2. The zero-order chi connectivity index (χ0) is 10.6. The van der Waals surface area contributed by atoms with Gasteiger partial charge in [-0.3, -0.25) is 4.79 Å². The third-order valence-electron chi connectivity index (χ3n) is 1.60. The molecule has 1 aromatic heterocycles. The summed E-state index contributed by atoms with van der Waals surface area (Å²) in [5.74, 6) is -0.286. The summed E-state index contributed by atoms with van der Waals surface area (Å²) in [5, 5.41) is 2.61. The second-order valence-electron chi connectivity index (χ2n) is 2.72. The molecule has 0 aliphatic carbocycles. The average Bonchev–Trinajstić information content (AvgIpc) is 2.19. The highest BCUT2D eigenvalue weighted by molar-refractivity contribution is 7.80. The number of thiocarbonyl (C=S) groups is 1. The van der Waals surface area contributed by atoms with E-state index in [4.69, 9.17) is 18.0 Å². The standard InChI is InChI=1S/C8H10N4OS/c1-5(7(9)14)12-8(13)6-2-10-4-11-3-6/h2-5H,1H3,(H2,9,14)(H,12,13). The van der Waals surface area contributed by atoms with Crippen LogP contribution in [0.1, 0.15) is 17.3 Å². The van der Waals surface area contributed by atoms with Crippen molar-refractivity contribution in [2.24, 2.45) is 5.73 Å². The van der Waals surface area contributed by atoms with Crippen molar-refractivity contribution >= 4 is 23.1 Å². The summed E-state index contributed by atoms with van der Waals surface area (Å²) < 4.78 is 0. The highest BCUT2D eigenvalue weighted by Crippen LogP contribution is 1.94. The van der Waals surface area contributed by atoms with Crippen molar-refractivity contribution < 1.29 is 4.79 Å². The van der Waals surface area contributed by atoms with Gasteiger partial charge in [-0.15, -0.1) is 0 Å². The van der Waals surface area contributed by atoms with E-state index in [0.717, 1.165) is 0 Å². The lowest BCUT2D eigenvalue weighted by molar-refractivity contribution is 0.0948. The van der Waals surface area contributed by atoms with Gasteiger partial charge >= 0.3 is 0 Å². The van der Waals surface area contributed by atoms with Gasteiger partial charge in [-0.1, -0.05) is 12.2 Å². The molecular weight excluding hydrogens is 200 g/mol. The first-order valence-corrected chi connectivity index (χ1v) is 4.37. The van der Waals surface area contributed by atoms with E-state index in [0.29, 0.717) is 5.56 Å². The van der Waals surface area contributed by atoms with Crippen LogP contribution in [0.4, 0.5) is 0 Å². The number of rotatable bonds is 3.